The van der Waals surface area contributed by atoms with Crippen LogP contribution in [0.15, 0.2) is 5.03 Å². The number of carbonyl (C=O) groups is 2. The number of aromatic nitrogens is 2. The van der Waals surface area contributed by atoms with Crippen molar-refractivity contribution < 1.29 is 14.7 Å². The maximum absolute atomic E-state index is 12.4. The molecule has 110 valence electrons. The molecule has 0 aromatic carbocycles. The molecule has 0 aliphatic rings. The predicted octanol–water partition coefficient (Wildman–Crippen LogP) is 1.80. The normalized spacial score (nSPS) is 11.2. The summed E-state index contributed by atoms with van der Waals surface area (Å²) in [6, 6.07) is 0. The number of hydrogen-bond acceptors (Lipinski definition) is 5. The molecule has 20 heavy (non-hydrogen) atoms. The third-order valence-corrected chi connectivity index (χ3v) is 3.32. The van der Waals surface area contributed by atoms with Crippen molar-refractivity contribution in [3.05, 3.63) is 17.1 Å². The van der Waals surface area contributed by atoms with Crippen LogP contribution in [0.5, 0.6) is 0 Å². The molecule has 0 bridgehead atoms. The average molecular weight is 297 g/mol. The van der Waals surface area contributed by atoms with Crippen molar-refractivity contribution in [2.45, 2.75) is 44.7 Å². The van der Waals surface area contributed by atoms with Gasteiger partial charge in [-0.25, -0.2) is 9.97 Å². The number of thioether (sulfide) groups is 1. The Morgan fingerprint density at radius 3 is 2.40 bits per heavy atom. The van der Waals surface area contributed by atoms with Crippen LogP contribution in [0.2, 0.25) is 0 Å². The van der Waals surface area contributed by atoms with Crippen LogP contribution in [-0.2, 0) is 4.79 Å². The Kier molecular flexibility index (Phi) is 5.10. The Morgan fingerprint density at radius 2 is 1.90 bits per heavy atom. The molecule has 6 nitrogen and oxygen atoms in total. The lowest BCUT2D eigenvalue weighted by molar-refractivity contribution is -0.138. The molecular weight excluding hydrogens is 278 g/mol. The van der Waals surface area contributed by atoms with E-state index in [0.717, 1.165) is 0 Å². The van der Waals surface area contributed by atoms with Crippen molar-refractivity contribution >= 4 is 23.6 Å². The summed E-state index contributed by atoms with van der Waals surface area (Å²) < 4.78 is 0. The molecule has 0 unspecified atom stereocenters. The van der Waals surface area contributed by atoms with E-state index in [9.17, 15) is 9.59 Å². The Morgan fingerprint density at radius 1 is 1.30 bits per heavy atom. The van der Waals surface area contributed by atoms with Gasteiger partial charge < -0.3 is 10.4 Å². The fourth-order valence-corrected chi connectivity index (χ4v) is 2.55. The van der Waals surface area contributed by atoms with Gasteiger partial charge in [-0.1, -0.05) is 0 Å². The van der Waals surface area contributed by atoms with Crippen molar-refractivity contribution in [3.63, 3.8) is 0 Å². The zero-order valence-corrected chi connectivity index (χ0v) is 13.1. The number of rotatable bonds is 5. The van der Waals surface area contributed by atoms with Gasteiger partial charge in [-0.15, -0.1) is 11.8 Å². The summed E-state index contributed by atoms with van der Waals surface area (Å²) in [5, 5.41) is 12.2. The molecular formula is C13H19N3O3S. The molecule has 0 radical (unpaired) electrons. The van der Waals surface area contributed by atoms with Gasteiger partial charge >= 0.3 is 5.97 Å². The number of hydrogen-bond donors (Lipinski definition) is 2. The lowest BCUT2D eigenvalue weighted by atomic mass is 10.00. The molecule has 0 saturated carbocycles. The molecule has 0 saturated heterocycles. The Balaban J connectivity index is 3.07. The van der Waals surface area contributed by atoms with E-state index < -0.39 is 11.5 Å². The topological polar surface area (TPSA) is 92.2 Å². The number of aryl methyl sites for hydroxylation is 2. The summed E-state index contributed by atoms with van der Waals surface area (Å²) in [6.45, 7) is 6.85. The van der Waals surface area contributed by atoms with Crippen LogP contribution >= 0.6 is 11.8 Å². The number of nitrogens with zero attached hydrogens (tertiary/aromatic N) is 2. The third-order valence-electron chi connectivity index (χ3n) is 2.63. The SMILES string of the molecule is CSc1nc(C)nc(C)c1C(=O)NC(C)(C)CC(=O)O. The first kappa shape index (κ1) is 16.4. The van der Waals surface area contributed by atoms with Crippen molar-refractivity contribution in [2.24, 2.45) is 0 Å². The molecule has 2 N–H and O–H groups in total. The van der Waals surface area contributed by atoms with E-state index in [2.05, 4.69) is 15.3 Å². The largest absolute Gasteiger partial charge is 0.481 e. The molecule has 1 aromatic heterocycles. The van der Waals surface area contributed by atoms with Gasteiger partial charge in [-0.3, -0.25) is 9.59 Å². The highest BCUT2D eigenvalue weighted by Crippen LogP contribution is 2.21. The van der Waals surface area contributed by atoms with Crippen molar-refractivity contribution in [2.75, 3.05) is 6.26 Å². The van der Waals surface area contributed by atoms with Gasteiger partial charge in [0, 0.05) is 5.54 Å². The van der Waals surface area contributed by atoms with Gasteiger partial charge in [0.05, 0.1) is 17.7 Å². The first-order chi connectivity index (χ1) is 9.16. The van der Waals surface area contributed by atoms with Gasteiger partial charge in [0.15, 0.2) is 0 Å². The van der Waals surface area contributed by atoms with Crippen LogP contribution in [0.25, 0.3) is 0 Å². The predicted molar refractivity (Wildman–Crippen MR) is 77.1 cm³/mol. The number of nitrogens with one attached hydrogen (secondary N) is 1. The van der Waals surface area contributed by atoms with E-state index in [4.69, 9.17) is 5.11 Å². The van der Waals surface area contributed by atoms with E-state index in [-0.39, 0.29) is 12.3 Å². The van der Waals surface area contributed by atoms with Crippen LogP contribution in [-0.4, -0.2) is 38.7 Å². The molecule has 1 rings (SSSR count). The zero-order valence-electron chi connectivity index (χ0n) is 12.3. The van der Waals surface area contributed by atoms with Gasteiger partial charge in [-0.05, 0) is 34.0 Å². The quantitative estimate of drug-likeness (QED) is 0.636. The monoisotopic (exact) mass is 297 g/mol. The minimum absolute atomic E-state index is 0.154. The second-order valence-electron chi connectivity index (χ2n) is 5.15. The molecule has 0 atom stereocenters. The molecule has 1 heterocycles. The Hall–Kier alpha value is -1.63. The summed E-state index contributed by atoms with van der Waals surface area (Å²) in [5.41, 5.74) is 0.155. The molecule has 1 aromatic rings. The highest BCUT2D eigenvalue weighted by Gasteiger charge is 2.27. The molecule has 0 spiro atoms. The summed E-state index contributed by atoms with van der Waals surface area (Å²) in [4.78, 5) is 31.6. The van der Waals surface area contributed by atoms with E-state index in [1.807, 2.05) is 6.26 Å². The summed E-state index contributed by atoms with van der Waals surface area (Å²) in [6.07, 6.45) is 1.68. The van der Waals surface area contributed by atoms with Gasteiger partial charge in [-0.2, -0.15) is 0 Å². The minimum atomic E-state index is -0.961. The van der Waals surface area contributed by atoms with E-state index in [1.165, 1.54) is 11.8 Å². The van der Waals surface area contributed by atoms with Crippen LogP contribution in [0.1, 0.15) is 42.1 Å². The molecule has 0 fully saturated rings. The summed E-state index contributed by atoms with van der Waals surface area (Å²) in [5.74, 6) is -0.705. The van der Waals surface area contributed by atoms with E-state index in [0.29, 0.717) is 22.1 Å². The van der Waals surface area contributed by atoms with Gasteiger partial charge in [0.1, 0.15) is 10.9 Å². The molecule has 0 aliphatic heterocycles. The van der Waals surface area contributed by atoms with Gasteiger partial charge in [0.25, 0.3) is 5.91 Å². The van der Waals surface area contributed by atoms with Crippen LogP contribution in [0.4, 0.5) is 0 Å². The van der Waals surface area contributed by atoms with Crippen molar-refractivity contribution in [1.29, 1.82) is 0 Å². The first-order valence-corrected chi connectivity index (χ1v) is 7.32. The Labute approximate surface area is 122 Å². The van der Waals surface area contributed by atoms with E-state index >= 15 is 0 Å². The van der Waals surface area contributed by atoms with Gasteiger partial charge in [0.2, 0.25) is 0 Å². The first-order valence-electron chi connectivity index (χ1n) is 6.10. The lowest BCUT2D eigenvalue weighted by Crippen LogP contribution is -2.45. The van der Waals surface area contributed by atoms with Crippen molar-refractivity contribution in [3.8, 4) is 0 Å². The molecule has 1 amide bonds. The Bertz CT molecular complexity index is 544. The fourth-order valence-electron chi connectivity index (χ4n) is 1.88. The van der Waals surface area contributed by atoms with Crippen LogP contribution in [0, 0.1) is 13.8 Å². The van der Waals surface area contributed by atoms with Crippen LogP contribution in [0.3, 0.4) is 0 Å². The van der Waals surface area contributed by atoms with Crippen LogP contribution < -0.4 is 5.32 Å². The van der Waals surface area contributed by atoms with Crippen molar-refractivity contribution in [1.82, 2.24) is 15.3 Å². The summed E-state index contributed by atoms with van der Waals surface area (Å²) >= 11 is 1.36. The maximum atomic E-state index is 12.4. The maximum Gasteiger partial charge on any atom is 0.305 e. The average Bonchev–Trinajstić information content (AvgIpc) is 2.24. The number of aliphatic carboxylic acids is 1. The number of carboxylic acid groups (broad SMARTS) is 1. The summed E-state index contributed by atoms with van der Waals surface area (Å²) in [7, 11) is 0. The number of amides is 1. The second-order valence-corrected chi connectivity index (χ2v) is 5.94. The highest BCUT2D eigenvalue weighted by atomic mass is 32.2. The number of carboxylic acids is 1. The fraction of sp³-hybridized carbons (Fsp3) is 0.538. The molecule has 0 aliphatic carbocycles. The second kappa shape index (κ2) is 6.21. The minimum Gasteiger partial charge on any atom is -0.481 e. The lowest BCUT2D eigenvalue weighted by Gasteiger charge is -2.25. The zero-order chi connectivity index (χ0) is 15.5. The third kappa shape index (κ3) is 4.19. The standard InChI is InChI=1S/C13H19N3O3S/c1-7-10(12(20-5)15-8(2)14-7)11(19)16-13(3,4)6-9(17)18/h6H2,1-5H3,(H,16,19)(H,17,18). The number of carbonyl (C=O) groups excluding carboxylic acids is 1. The van der Waals surface area contributed by atoms with E-state index in [1.54, 1.807) is 27.7 Å². The highest BCUT2D eigenvalue weighted by molar-refractivity contribution is 7.98. The smallest absolute Gasteiger partial charge is 0.305 e. The molecule has 7 heteroatoms.